The Hall–Kier alpha value is -2.43. The highest BCUT2D eigenvalue weighted by atomic mass is 16.4. The van der Waals surface area contributed by atoms with Crippen LogP contribution in [0.25, 0.3) is 5.69 Å². The number of rotatable bonds is 3. The van der Waals surface area contributed by atoms with Crippen molar-refractivity contribution in [2.45, 2.75) is 6.92 Å². The van der Waals surface area contributed by atoms with Crippen molar-refractivity contribution in [3.05, 3.63) is 47.3 Å². The number of carbonyl (C=O) groups is 2. The molecule has 0 saturated heterocycles. The molecule has 0 fully saturated rings. The highest BCUT2D eigenvalue weighted by Gasteiger charge is 2.14. The highest BCUT2D eigenvalue weighted by Crippen LogP contribution is 2.16. The maximum absolute atomic E-state index is 11.1. The molecule has 0 bridgehead atoms. The van der Waals surface area contributed by atoms with Crippen LogP contribution in [-0.4, -0.2) is 27.1 Å². The molecular formula is C12H10N2O3. The molecule has 5 heteroatoms. The molecule has 1 heterocycles. The van der Waals surface area contributed by atoms with Crippen LogP contribution in [0.15, 0.2) is 30.3 Å². The van der Waals surface area contributed by atoms with Crippen LogP contribution < -0.4 is 0 Å². The summed E-state index contributed by atoms with van der Waals surface area (Å²) in [6, 6.07) is 8.02. The standard InChI is InChI=1S/C12H10N2O3/c1-8-6-9(7-15)14(13-8)11-5-3-2-4-10(11)12(16)17/h2-7H,1H3,(H,16,17). The normalized spacial score (nSPS) is 10.2. The van der Waals surface area contributed by atoms with E-state index in [1.165, 1.54) is 10.7 Å². The maximum Gasteiger partial charge on any atom is 0.337 e. The molecule has 17 heavy (non-hydrogen) atoms. The van der Waals surface area contributed by atoms with Gasteiger partial charge in [0.15, 0.2) is 6.29 Å². The lowest BCUT2D eigenvalue weighted by Gasteiger charge is -2.06. The number of hydrogen-bond acceptors (Lipinski definition) is 3. The van der Waals surface area contributed by atoms with E-state index in [0.29, 0.717) is 23.4 Å². The Labute approximate surface area is 97.3 Å². The van der Waals surface area contributed by atoms with E-state index in [4.69, 9.17) is 5.11 Å². The zero-order valence-electron chi connectivity index (χ0n) is 9.12. The lowest BCUT2D eigenvalue weighted by atomic mass is 10.2. The lowest BCUT2D eigenvalue weighted by molar-refractivity contribution is 0.0696. The van der Waals surface area contributed by atoms with E-state index in [1.807, 2.05) is 0 Å². The summed E-state index contributed by atoms with van der Waals surface area (Å²) in [5, 5.41) is 13.2. The summed E-state index contributed by atoms with van der Waals surface area (Å²) >= 11 is 0. The molecule has 86 valence electrons. The Morgan fingerprint density at radius 3 is 2.76 bits per heavy atom. The Bertz CT molecular complexity index is 587. The quantitative estimate of drug-likeness (QED) is 0.814. The molecule has 0 saturated carbocycles. The third-order valence-electron chi connectivity index (χ3n) is 2.34. The molecule has 1 N–H and O–H groups in total. The zero-order chi connectivity index (χ0) is 12.4. The number of aryl methyl sites for hydroxylation is 1. The molecular weight excluding hydrogens is 220 g/mol. The van der Waals surface area contributed by atoms with E-state index < -0.39 is 5.97 Å². The fourth-order valence-electron chi connectivity index (χ4n) is 1.64. The number of aldehydes is 1. The van der Waals surface area contributed by atoms with Crippen molar-refractivity contribution in [1.29, 1.82) is 0 Å². The average molecular weight is 230 g/mol. The summed E-state index contributed by atoms with van der Waals surface area (Å²) in [4.78, 5) is 22.0. The molecule has 0 spiro atoms. The SMILES string of the molecule is Cc1cc(C=O)n(-c2ccccc2C(=O)O)n1. The van der Waals surface area contributed by atoms with E-state index in [2.05, 4.69) is 5.10 Å². The zero-order valence-corrected chi connectivity index (χ0v) is 9.12. The monoisotopic (exact) mass is 230 g/mol. The number of hydrogen-bond donors (Lipinski definition) is 1. The van der Waals surface area contributed by atoms with Crippen LogP contribution in [0.3, 0.4) is 0 Å². The Morgan fingerprint density at radius 1 is 1.41 bits per heavy atom. The van der Waals surface area contributed by atoms with Crippen molar-refractivity contribution < 1.29 is 14.7 Å². The maximum atomic E-state index is 11.1. The molecule has 0 aliphatic rings. The first-order chi connectivity index (χ1) is 8.13. The van der Waals surface area contributed by atoms with Gasteiger partial charge in [0, 0.05) is 0 Å². The van der Waals surface area contributed by atoms with Gasteiger partial charge in [0.25, 0.3) is 0 Å². The van der Waals surface area contributed by atoms with Gasteiger partial charge in [-0.25, -0.2) is 9.48 Å². The van der Waals surface area contributed by atoms with Gasteiger partial charge in [-0.2, -0.15) is 5.10 Å². The van der Waals surface area contributed by atoms with Crippen LogP contribution in [0.2, 0.25) is 0 Å². The molecule has 0 aliphatic carbocycles. The van der Waals surface area contributed by atoms with Crippen LogP contribution in [0.5, 0.6) is 0 Å². The second-order valence-corrected chi connectivity index (χ2v) is 3.56. The van der Waals surface area contributed by atoms with Crippen LogP contribution in [0, 0.1) is 6.92 Å². The molecule has 1 aromatic heterocycles. The molecule has 5 nitrogen and oxygen atoms in total. The predicted molar refractivity (Wildman–Crippen MR) is 60.6 cm³/mol. The lowest BCUT2D eigenvalue weighted by Crippen LogP contribution is -2.08. The van der Waals surface area contributed by atoms with Crippen LogP contribution in [-0.2, 0) is 0 Å². The first-order valence-corrected chi connectivity index (χ1v) is 4.98. The van der Waals surface area contributed by atoms with Crippen molar-refractivity contribution in [3.63, 3.8) is 0 Å². The van der Waals surface area contributed by atoms with Gasteiger partial charge >= 0.3 is 5.97 Å². The second kappa shape index (κ2) is 4.21. The Morgan fingerprint density at radius 2 is 2.12 bits per heavy atom. The molecule has 0 atom stereocenters. The van der Waals surface area contributed by atoms with Gasteiger partial charge in [-0.1, -0.05) is 12.1 Å². The van der Waals surface area contributed by atoms with E-state index in [0.717, 1.165) is 0 Å². The van der Waals surface area contributed by atoms with Gasteiger partial charge in [0.05, 0.1) is 16.9 Å². The van der Waals surface area contributed by atoms with Gasteiger partial charge < -0.3 is 5.11 Å². The van der Waals surface area contributed by atoms with Crippen LogP contribution in [0.4, 0.5) is 0 Å². The van der Waals surface area contributed by atoms with Crippen LogP contribution in [0.1, 0.15) is 26.5 Å². The largest absolute Gasteiger partial charge is 0.478 e. The number of aromatic nitrogens is 2. The van der Waals surface area contributed by atoms with Gasteiger partial charge in [-0.15, -0.1) is 0 Å². The van der Waals surface area contributed by atoms with E-state index >= 15 is 0 Å². The minimum Gasteiger partial charge on any atom is -0.478 e. The van der Waals surface area contributed by atoms with Gasteiger partial charge in [0.1, 0.15) is 5.69 Å². The molecule has 0 aliphatic heterocycles. The second-order valence-electron chi connectivity index (χ2n) is 3.56. The smallest absolute Gasteiger partial charge is 0.337 e. The minimum absolute atomic E-state index is 0.110. The first kappa shape index (κ1) is 11.1. The van der Waals surface area contributed by atoms with E-state index in [-0.39, 0.29) is 5.56 Å². The number of benzene rings is 1. The fourth-order valence-corrected chi connectivity index (χ4v) is 1.64. The van der Waals surface area contributed by atoms with Gasteiger partial charge in [0.2, 0.25) is 0 Å². The Balaban J connectivity index is 2.67. The topological polar surface area (TPSA) is 72.2 Å². The molecule has 0 amide bonds. The molecule has 0 unspecified atom stereocenters. The number of para-hydroxylation sites is 1. The summed E-state index contributed by atoms with van der Waals surface area (Å²) < 4.78 is 1.34. The number of nitrogens with zero attached hydrogens (tertiary/aromatic N) is 2. The number of carboxylic acids is 1. The molecule has 2 aromatic rings. The number of carbonyl (C=O) groups excluding carboxylic acids is 1. The summed E-state index contributed by atoms with van der Waals surface area (Å²) in [7, 11) is 0. The predicted octanol–water partition coefficient (Wildman–Crippen LogP) is 1.69. The highest BCUT2D eigenvalue weighted by molar-refractivity contribution is 5.92. The van der Waals surface area contributed by atoms with Crippen molar-refractivity contribution >= 4 is 12.3 Å². The van der Waals surface area contributed by atoms with E-state index in [1.54, 1.807) is 31.2 Å². The molecule has 2 rings (SSSR count). The van der Waals surface area contributed by atoms with Crippen molar-refractivity contribution in [2.75, 3.05) is 0 Å². The Kier molecular flexibility index (Phi) is 2.74. The number of aromatic carboxylic acids is 1. The first-order valence-electron chi connectivity index (χ1n) is 4.98. The van der Waals surface area contributed by atoms with Crippen LogP contribution >= 0.6 is 0 Å². The number of carboxylic acid groups (broad SMARTS) is 1. The van der Waals surface area contributed by atoms with Gasteiger partial charge in [-0.3, -0.25) is 4.79 Å². The van der Waals surface area contributed by atoms with Gasteiger partial charge in [-0.05, 0) is 25.1 Å². The summed E-state index contributed by atoms with van der Waals surface area (Å²) in [6.07, 6.45) is 0.651. The van der Waals surface area contributed by atoms with Crippen molar-refractivity contribution in [3.8, 4) is 5.69 Å². The van der Waals surface area contributed by atoms with Crippen molar-refractivity contribution in [1.82, 2.24) is 9.78 Å². The fraction of sp³-hybridized carbons (Fsp3) is 0.0833. The molecule has 0 radical (unpaired) electrons. The summed E-state index contributed by atoms with van der Waals surface area (Å²) in [5.41, 5.74) is 1.48. The summed E-state index contributed by atoms with van der Waals surface area (Å²) in [6.45, 7) is 1.74. The average Bonchev–Trinajstić information content (AvgIpc) is 2.70. The summed E-state index contributed by atoms with van der Waals surface area (Å²) in [5.74, 6) is -1.05. The third kappa shape index (κ3) is 1.94. The van der Waals surface area contributed by atoms with Crippen molar-refractivity contribution in [2.24, 2.45) is 0 Å². The third-order valence-corrected chi connectivity index (χ3v) is 2.34. The van der Waals surface area contributed by atoms with E-state index in [9.17, 15) is 9.59 Å². The molecule has 1 aromatic carbocycles. The minimum atomic E-state index is -1.05.